The fourth-order valence-corrected chi connectivity index (χ4v) is 4.70. The van der Waals surface area contributed by atoms with Crippen LogP contribution in [-0.4, -0.2) is 17.8 Å². The largest absolute Gasteiger partial charge is 0.489 e. The molecular weight excluding hydrogens is 472 g/mol. The van der Waals surface area contributed by atoms with E-state index < -0.39 is 0 Å². The van der Waals surface area contributed by atoms with Crippen LogP contribution < -0.4 is 20.3 Å². The molecule has 3 aromatic rings. The molecule has 5 nitrogen and oxygen atoms in total. The van der Waals surface area contributed by atoms with E-state index >= 15 is 0 Å². The molecule has 0 saturated carbocycles. The molecule has 5 heteroatoms. The Labute approximate surface area is 228 Å². The molecule has 38 heavy (non-hydrogen) atoms. The Hall–Kier alpha value is -3.21. The highest BCUT2D eigenvalue weighted by Crippen LogP contribution is 2.35. The first-order valence-corrected chi connectivity index (χ1v) is 14.5. The number of benzene rings is 2. The Morgan fingerprint density at radius 2 is 1.55 bits per heavy atom. The minimum atomic E-state index is -0.128. The summed E-state index contributed by atoms with van der Waals surface area (Å²) in [7, 11) is 0. The predicted octanol–water partition coefficient (Wildman–Crippen LogP) is 8.50. The van der Waals surface area contributed by atoms with Crippen molar-refractivity contribution >= 4 is 16.6 Å². The van der Waals surface area contributed by atoms with Crippen LogP contribution in [0, 0.1) is 0 Å². The third kappa shape index (κ3) is 8.68. The second kappa shape index (κ2) is 16.6. The van der Waals surface area contributed by atoms with Crippen molar-refractivity contribution in [3.63, 3.8) is 0 Å². The predicted molar refractivity (Wildman–Crippen MR) is 161 cm³/mol. The fraction of sp³-hybridized carbons (Fsp3) is 0.485. The Balaban J connectivity index is 1.95. The number of hydrogen-bond donors (Lipinski definition) is 1. The average Bonchev–Trinajstić information content (AvgIpc) is 2.94. The molecule has 1 heterocycles. The molecule has 0 unspecified atom stereocenters. The van der Waals surface area contributed by atoms with Crippen LogP contribution in [-0.2, 0) is 13.1 Å². The number of aromatic nitrogens is 1. The first kappa shape index (κ1) is 29.3. The molecule has 0 aliphatic rings. The van der Waals surface area contributed by atoms with Crippen LogP contribution in [0.4, 0.5) is 5.69 Å². The molecule has 206 valence electrons. The zero-order valence-corrected chi connectivity index (χ0v) is 23.5. The first-order chi connectivity index (χ1) is 18.7. The summed E-state index contributed by atoms with van der Waals surface area (Å²) in [6, 6.07) is 16.5. The van der Waals surface area contributed by atoms with Crippen molar-refractivity contribution in [2.45, 2.75) is 91.1 Å². The van der Waals surface area contributed by atoms with E-state index in [1.807, 2.05) is 22.8 Å². The summed E-state index contributed by atoms with van der Waals surface area (Å²) in [6.45, 7) is 10.4. The summed E-state index contributed by atoms with van der Waals surface area (Å²) in [5.41, 5.74) is 2.94. The Kier molecular flexibility index (Phi) is 12.8. The second-order valence-electron chi connectivity index (χ2n) is 9.96. The smallest absolute Gasteiger partial charge is 0.297 e. The van der Waals surface area contributed by atoms with Gasteiger partial charge >= 0.3 is 0 Å². The Morgan fingerprint density at radius 3 is 2.29 bits per heavy atom. The molecule has 0 fully saturated rings. The van der Waals surface area contributed by atoms with E-state index in [4.69, 9.17) is 9.47 Å². The minimum absolute atomic E-state index is 0.128. The molecule has 0 bridgehead atoms. The van der Waals surface area contributed by atoms with Crippen LogP contribution in [0.3, 0.4) is 0 Å². The molecule has 0 amide bonds. The van der Waals surface area contributed by atoms with E-state index in [0.717, 1.165) is 48.8 Å². The van der Waals surface area contributed by atoms with Crippen LogP contribution in [0.15, 0.2) is 66.0 Å². The van der Waals surface area contributed by atoms with E-state index in [1.54, 1.807) is 6.08 Å². The summed E-state index contributed by atoms with van der Waals surface area (Å²) in [5, 5.41) is 4.44. The number of ether oxygens (including phenoxy) is 2. The molecule has 1 aromatic heterocycles. The number of unbranched alkanes of at least 4 members (excludes halogenated alkanes) is 8. The maximum Gasteiger partial charge on any atom is 0.297 e. The number of pyridine rings is 1. The van der Waals surface area contributed by atoms with Gasteiger partial charge < -0.3 is 19.4 Å². The molecule has 2 aromatic carbocycles. The standard InChI is InChI=1S/C33H46N2O3/c1-4-7-9-11-12-16-22-35-30-25-28(34-26-27-18-14-13-15-19-27)20-21-29(30)31(38-24-17-10-8-5-2)32(33(35)36)37-23-6-3/h6,13-15,18-21,25,34H,3-5,7-12,16-17,22-24,26H2,1-2H3. The zero-order chi connectivity index (χ0) is 27.0. The van der Waals surface area contributed by atoms with Crippen molar-refractivity contribution in [3.8, 4) is 11.5 Å². The monoisotopic (exact) mass is 518 g/mol. The van der Waals surface area contributed by atoms with Gasteiger partial charge in [0.25, 0.3) is 5.56 Å². The van der Waals surface area contributed by atoms with E-state index in [2.05, 4.69) is 56.1 Å². The quantitative estimate of drug-likeness (QED) is 0.128. The van der Waals surface area contributed by atoms with E-state index in [-0.39, 0.29) is 12.2 Å². The molecule has 0 saturated heterocycles. The van der Waals surface area contributed by atoms with Crippen molar-refractivity contribution in [2.24, 2.45) is 0 Å². The summed E-state index contributed by atoms with van der Waals surface area (Å²) >= 11 is 0. The molecule has 0 spiro atoms. The lowest BCUT2D eigenvalue weighted by atomic mass is 10.1. The first-order valence-electron chi connectivity index (χ1n) is 14.5. The topological polar surface area (TPSA) is 52.5 Å². The van der Waals surface area contributed by atoms with Crippen molar-refractivity contribution in [3.05, 3.63) is 77.1 Å². The van der Waals surface area contributed by atoms with Gasteiger partial charge in [0.2, 0.25) is 5.75 Å². The van der Waals surface area contributed by atoms with Gasteiger partial charge in [0.15, 0.2) is 5.75 Å². The lowest BCUT2D eigenvalue weighted by Gasteiger charge is -2.19. The number of hydrogen-bond acceptors (Lipinski definition) is 4. The van der Waals surface area contributed by atoms with Crippen molar-refractivity contribution in [1.82, 2.24) is 4.57 Å². The highest BCUT2D eigenvalue weighted by atomic mass is 16.5. The second-order valence-corrected chi connectivity index (χ2v) is 9.96. The average molecular weight is 519 g/mol. The maximum atomic E-state index is 13.8. The van der Waals surface area contributed by atoms with E-state index in [1.165, 1.54) is 44.1 Å². The number of rotatable bonds is 19. The number of fused-ring (bicyclic) bond motifs is 1. The van der Waals surface area contributed by atoms with E-state index in [9.17, 15) is 4.79 Å². The number of nitrogens with zero attached hydrogens (tertiary/aromatic N) is 1. The molecular formula is C33H46N2O3. The van der Waals surface area contributed by atoms with Crippen molar-refractivity contribution < 1.29 is 9.47 Å². The van der Waals surface area contributed by atoms with Crippen LogP contribution in [0.25, 0.3) is 10.9 Å². The minimum Gasteiger partial charge on any atom is -0.489 e. The Morgan fingerprint density at radius 1 is 0.842 bits per heavy atom. The summed E-state index contributed by atoms with van der Waals surface area (Å²) in [4.78, 5) is 13.8. The SMILES string of the molecule is C=CCOc1c(OCCCCCC)c2ccc(NCc3ccccc3)cc2n(CCCCCCCC)c1=O. The van der Waals surface area contributed by atoms with Crippen LogP contribution >= 0.6 is 0 Å². The van der Waals surface area contributed by atoms with Crippen molar-refractivity contribution in [1.29, 1.82) is 0 Å². The van der Waals surface area contributed by atoms with Crippen LogP contribution in [0.2, 0.25) is 0 Å². The normalized spacial score (nSPS) is 11.0. The lowest BCUT2D eigenvalue weighted by Crippen LogP contribution is -2.24. The highest BCUT2D eigenvalue weighted by molar-refractivity contribution is 5.90. The van der Waals surface area contributed by atoms with Gasteiger partial charge in [-0.15, -0.1) is 0 Å². The summed E-state index contributed by atoms with van der Waals surface area (Å²) < 4.78 is 14.1. The number of aryl methyl sites for hydroxylation is 1. The molecule has 0 aliphatic heterocycles. The lowest BCUT2D eigenvalue weighted by molar-refractivity contribution is 0.276. The van der Waals surface area contributed by atoms with Crippen molar-refractivity contribution in [2.75, 3.05) is 18.5 Å². The molecule has 0 radical (unpaired) electrons. The van der Waals surface area contributed by atoms with Gasteiger partial charge in [-0.3, -0.25) is 4.79 Å². The van der Waals surface area contributed by atoms with Gasteiger partial charge in [-0.1, -0.05) is 108 Å². The fourth-order valence-electron chi connectivity index (χ4n) is 4.70. The van der Waals surface area contributed by atoms with Gasteiger partial charge in [-0.25, -0.2) is 0 Å². The molecule has 3 rings (SSSR count). The number of nitrogens with one attached hydrogen (secondary N) is 1. The van der Waals surface area contributed by atoms with Crippen LogP contribution in [0.5, 0.6) is 11.5 Å². The molecule has 0 aliphatic carbocycles. The summed E-state index contributed by atoms with van der Waals surface area (Å²) in [5.74, 6) is 0.848. The number of anilines is 1. The van der Waals surface area contributed by atoms with Gasteiger partial charge in [-0.05, 0) is 36.6 Å². The molecule has 0 atom stereocenters. The third-order valence-corrected chi connectivity index (χ3v) is 6.84. The van der Waals surface area contributed by atoms with Gasteiger partial charge in [0, 0.05) is 24.2 Å². The summed E-state index contributed by atoms with van der Waals surface area (Å²) in [6.07, 6.45) is 13.1. The van der Waals surface area contributed by atoms with Gasteiger partial charge in [0.1, 0.15) is 6.61 Å². The Bertz CT molecular complexity index is 1170. The van der Waals surface area contributed by atoms with E-state index in [0.29, 0.717) is 24.7 Å². The third-order valence-electron chi connectivity index (χ3n) is 6.84. The highest BCUT2D eigenvalue weighted by Gasteiger charge is 2.20. The van der Waals surface area contributed by atoms with Gasteiger partial charge in [0.05, 0.1) is 12.1 Å². The molecule has 1 N–H and O–H groups in total. The maximum absolute atomic E-state index is 13.8. The van der Waals surface area contributed by atoms with Gasteiger partial charge in [-0.2, -0.15) is 0 Å². The zero-order valence-electron chi connectivity index (χ0n) is 23.5. The van der Waals surface area contributed by atoms with Crippen LogP contribution in [0.1, 0.15) is 83.6 Å².